The van der Waals surface area contributed by atoms with Crippen LogP contribution in [-0.4, -0.2) is 10.6 Å². The topological polar surface area (TPSA) is 17.0 Å². The van der Waals surface area contributed by atoms with Crippen molar-refractivity contribution >= 4 is 0 Å². The van der Waals surface area contributed by atoms with Crippen LogP contribution >= 0.6 is 0 Å². The second-order valence-electron chi connectivity index (χ2n) is 4.80. The predicted octanol–water partition coefficient (Wildman–Crippen LogP) is 3.02. The summed E-state index contributed by atoms with van der Waals surface area (Å²) in [5, 5.41) is 3.27. The van der Waals surface area contributed by atoms with Crippen LogP contribution in [0.25, 0.3) is 0 Å². The van der Waals surface area contributed by atoms with E-state index in [0.29, 0.717) is 13.0 Å². The van der Waals surface area contributed by atoms with Gasteiger partial charge >= 0.3 is 0 Å². The lowest BCUT2D eigenvalue weighted by Gasteiger charge is -2.15. The molecule has 0 aliphatic carbocycles. The van der Waals surface area contributed by atoms with E-state index < -0.39 is 11.6 Å². The highest BCUT2D eigenvalue weighted by atomic mass is 19.1. The highest BCUT2D eigenvalue weighted by Crippen LogP contribution is 2.14. The lowest BCUT2D eigenvalue weighted by atomic mass is 10.1. The van der Waals surface area contributed by atoms with E-state index in [1.165, 1.54) is 18.2 Å². The van der Waals surface area contributed by atoms with Crippen LogP contribution in [0.3, 0.4) is 0 Å². The maximum Gasteiger partial charge on any atom is 0.129 e. The molecule has 0 aliphatic heterocycles. The van der Waals surface area contributed by atoms with Gasteiger partial charge in [0.05, 0.1) is 0 Å². The number of hydrogen-bond acceptors (Lipinski definition) is 1. The van der Waals surface area contributed by atoms with Gasteiger partial charge in [0, 0.05) is 37.1 Å². The van der Waals surface area contributed by atoms with E-state index in [-0.39, 0.29) is 11.6 Å². The minimum Gasteiger partial charge on any atom is -0.353 e. The van der Waals surface area contributed by atoms with Gasteiger partial charge in [0.2, 0.25) is 0 Å². The summed E-state index contributed by atoms with van der Waals surface area (Å²) >= 11 is 0. The van der Waals surface area contributed by atoms with Crippen molar-refractivity contribution in [3.8, 4) is 0 Å². The first-order valence-electron chi connectivity index (χ1n) is 6.34. The van der Waals surface area contributed by atoms with Crippen LogP contribution in [-0.2, 0) is 20.0 Å². The monoisotopic (exact) mass is 264 g/mol. The minimum atomic E-state index is -0.479. The van der Waals surface area contributed by atoms with E-state index in [1.54, 1.807) is 0 Å². The molecule has 0 aliphatic rings. The van der Waals surface area contributed by atoms with Gasteiger partial charge in [-0.05, 0) is 37.6 Å². The van der Waals surface area contributed by atoms with Crippen LogP contribution in [0.15, 0.2) is 36.5 Å². The minimum absolute atomic E-state index is 0.00120. The van der Waals surface area contributed by atoms with Gasteiger partial charge in [-0.3, -0.25) is 0 Å². The molecule has 2 nitrogen and oxygen atoms in total. The molecule has 0 bridgehead atoms. The summed E-state index contributed by atoms with van der Waals surface area (Å²) in [6.45, 7) is 2.61. The zero-order chi connectivity index (χ0) is 13.8. The van der Waals surface area contributed by atoms with Crippen LogP contribution < -0.4 is 5.32 Å². The lowest BCUT2D eigenvalue weighted by molar-refractivity contribution is 0.494. The van der Waals surface area contributed by atoms with Crippen molar-refractivity contribution in [1.82, 2.24) is 9.88 Å². The molecule has 0 saturated carbocycles. The molecule has 1 aromatic carbocycles. The van der Waals surface area contributed by atoms with Crippen molar-refractivity contribution in [1.29, 1.82) is 0 Å². The fraction of sp³-hybridized carbons (Fsp3) is 0.333. The van der Waals surface area contributed by atoms with E-state index in [1.807, 2.05) is 36.9 Å². The van der Waals surface area contributed by atoms with Crippen LogP contribution in [0, 0.1) is 11.6 Å². The average molecular weight is 264 g/mol. The normalized spacial score (nSPS) is 12.6. The Bertz CT molecular complexity index is 529. The van der Waals surface area contributed by atoms with Crippen molar-refractivity contribution in [2.45, 2.75) is 25.9 Å². The van der Waals surface area contributed by atoms with Crippen LogP contribution in [0.4, 0.5) is 8.78 Å². The van der Waals surface area contributed by atoms with Crippen molar-refractivity contribution in [2.75, 3.05) is 0 Å². The summed E-state index contributed by atoms with van der Waals surface area (Å²) in [6.07, 6.45) is 2.31. The first kappa shape index (κ1) is 13.7. The molecule has 4 heteroatoms. The number of nitrogens with one attached hydrogen (secondary N) is 1. The number of nitrogens with zero attached hydrogens (tertiary/aromatic N) is 1. The smallest absolute Gasteiger partial charge is 0.129 e. The standard InChI is InChI=1S/C15H18F2N2/c1-11(18-10-12-5-4-8-19(12)2)9-13-14(16)6-3-7-15(13)17/h3-8,11,18H,9-10H2,1-2H3. The molecule has 2 aromatic rings. The Hall–Kier alpha value is -1.68. The summed E-state index contributed by atoms with van der Waals surface area (Å²) in [5.74, 6) is -0.958. The van der Waals surface area contributed by atoms with Crippen molar-refractivity contribution < 1.29 is 8.78 Å². The van der Waals surface area contributed by atoms with Gasteiger partial charge in [-0.15, -0.1) is 0 Å². The van der Waals surface area contributed by atoms with E-state index >= 15 is 0 Å². The fourth-order valence-electron chi connectivity index (χ4n) is 2.06. The van der Waals surface area contributed by atoms with E-state index in [9.17, 15) is 8.78 Å². The third-order valence-corrected chi connectivity index (χ3v) is 3.25. The van der Waals surface area contributed by atoms with Gasteiger partial charge in [0.1, 0.15) is 11.6 Å². The van der Waals surface area contributed by atoms with Crippen molar-refractivity contribution in [3.63, 3.8) is 0 Å². The lowest BCUT2D eigenvalue weighted by Crippen LogP contribution is -2.29. The maximum absolute atomic E-state index is 13.5. The van der Waals surface area contributed by atoms with Gasteiger partial charge in [-0.25, -0.2) is 8.78 Å². The van der Waals surface area contributed by atoms with Gasteiger partial charge < -0.3 is 9.88 Å². The summed E-state index contributed by atoms with van der Waals surface area (Å²) in [7, 11) is 1.97. The Kier molecular flexibility index (Phi) is 4.32. The largest absolute Gasteiger partial charge is 0.353 e. The molecular formula is C15H18F2N2. The molecule has 2 rings (SSSR count). The average Bonchev–Trinajstić information content (AvgIpc) is 2.77. The van der Waals surface area contributed by atoms with Gasteiger partial charge in [-0.1, -0.05) is 6.07 Å². The number of halogens is 2. The Balaban J connectivity index is 1.94. The third kappa shape index (κ3) is 3.41. The van der Waals surface area contributed by atoms with Crippen molar-refractivity contribution in [3.05, 3.63) is 59.4 Å². The SMILES string of the molecule is CC(Cc1c(F)cccc1F)NCc1cccn1C. The summed E-state index contributed by atoms with van der Waals surface area (Å²) in [4.78, 5) is 0. The van der Waals surface area contributed by atoms with Crippen molar-refractivity contribution in [2.24, 2.45) is 7.05 Å². The Labute approximate surface area is 112 Å². The molecule has 1 atom stereocenters. The maximum atomic E-state index is 13.5. The molecule has 0 amide bonds. The van der Waals surface area contributed by atoms with E-state index in [4.69, 9.17) is 0 Å². The number of benzene rings is 1. The molecule has 0 fully saturated rings. The molecule has 19 heavy (non-hydrogen) atoms. The summed E-state index contributed by atoms with van der Waals surface area (Å²) in [6, 6.07) is 7.96. The van der Waals surface area contributed by atoms with Crippen LogP contribution in [0.5, 0.6) is 0 Å². The molecular weight excluding hydrogens is 246 g/mol. The van der Waals surface area contributed by atoms with Gasteiger partial charge in [0.25, 0.3) is 0 Å². The van der Waals surface area contributed by atoms with Gasteiger partial charge in [0.15, 0.2) is 0 Å². The fourth-order valence-corrected chi connectivity index (χ4v) is 2.06. The molecule has 1 N–H and O–H groups in total. The van der Waals surface area contributed by atoms with Crippen LogP contribution in [0.1, 0.15) is 18.2 Å². The number of rotatable bonds is 5. The summed E-state index contributed by atoms with van der Waals surface area (Å²) < 4.78 is 29.1. The number of aromatic nitrogens is 1. The Morgan fingerprint density at radius 3 is 2.42 bits per heavy atom. The Morgan fingerprint density at radius 2 is 1.84 bits per heavy atom. The molecule has 1 aromatic heterocycles. The van der Waals surface area contributed by atoms with Crippen LogP contribution in [0.2, 0.25) is 0 Å². The zero-order valence-electron chi connectivity index (χ0n) is 11.2. The quantitative estimate of drug-likeness (QED) is 0.878. The second kappa shape index (κ2) is 5.97. The molecule has 102 valence electrons. The molecule has 0 spiro atoms. The third-order valence-electron chi connectivity index (χ3n) is 3.25. The second-order valence-corrected chi connectivity index (χ2v) is 4.80. The molecule has 1 unspecified atom stereocenters. The highest BCUT2D eigenvalue weighted by Gasteiger charge is 2.12. The molecule has 0 saturated heterocycles. The zero-order valence-corrected chi connectivity index (χ0v) is 11.2. The molecule has 1 heterocycles. The predicted molar refractivity (Wildman–Crippen MR) is 71.8 cm³/mol. The van der Waals surface area contributed by atoms with Gasteiger partial charge in [-0.2, -0.15) is 0 Å². The summed E-state index contributed by atoms with van der Waals surface area (Å²) in [5.41, 5.74) is 1.29. The molecule has 0 radical (unpaired) electrons. The Morgan fingerprint density at radius 1 is 1.16 bits per heavy atom. The van der Waals surface area contributed by atoms with E-state index in [0.717, 1.165) is 5.69 Å². The number of hydrogen-bond donors (Lipinski definition) is 1. The first-order chi connectivity index (χ1) is 9.08. The van der Waals surface area contributed by atoms with E-state index in [2.05, 4.69) is 5.32 Å². The highest BCUT2D eigenvalue weighted by molar-refractivity contribution is 5.20. The number of aryl methyl sites for hydroxylation is 1. The first-order valence-corrected chi connectivity index (χ1v) is 6.34.